The van der Waals surface area contributed by atoms with Crippen molar-refractivity contribution in [2.75, 3.05) is 0 Å². The fourth-order valence-corrected chi connectivity index (χ4v) is 3.49. The smallest absolute Gasteiger partial charge is 0.0863 e. The van der Waals surface area contributed by atoms with Crippen molar-refractivity contribution in [2.24, 2.45) is 12.5 Å². The first-order chi connectivity index (χ1) is 8.93. The van der Waals surface area contributed by atoms with Gasteiger partial charge in [0.05, 0.1) is 16.4 Å². The van der Waals surface area contributed by atoms with Crippen molar-refractivity contribution >= 4 is 11.6 Å². The Morgan fingerprint density at radius 3 is 2.79 bits per heavy atom. The lowest BCUT2D eigenvalue weighted by Gasteiger charge is -2.35. The van der Waals surface area contributed by atoms with Crippen molar-refractivity contribution in [1.29, 1.82) is 0 Å². The van der Waals surface area contributed by atoms with E-state index in [9.17, 15) is 0 Å². The van der Waals surface area contributed by atoms with Gasteiger partial charge in [-0.05, 0) is 31.1 Å². The molecule has 1 aromatic heterocycles. The van der Waals surface area contributed by atoms with Crippen LogP contribution in [0.4, 0.5) is 0 Å². The summed E-state index contributed by atoms with van der Waals surface area (Å²) < 4.78 is 1.92. The molecule has 1 unspecified atom stereocenters. The lowest BCUT2D eigenvalue weighted by Crippen LogP contribution is -2.37. The van der Waals surface area contributed by atoms with Crippen LogP contribution in [-0.4, -0.2) is 15.8 Å². The minimum Gasteiger partial charge on any atom is -0.308 e. The summed E-state index contributed by atoms with van der Waals surface area (Å²) in [7, 11) is 1.98. The van der Waals surface area contributed by atoms with E-state index in [1.54, 1.807) is 0 Å². The number of rotatable bonds is 4. The van der Waals surface area contributed by atoms with E-state index in [1.165, 1.54) is 25.7 Å². The molecule has 3 nitrogen and oxygen atoms in total. The summed E-state index contributed by atoms with van der Waals surface area (Å²) in [6.07, 6.45) is 6.09. The summed E-state index contributed by atoms with van der Waals surface area (Å²) >= 11 is 6.38. The number of hydrogen-bond acceptors (Lipinski definition) is 2. The van der Waals surface area contributed by atoms with Crippen molar-refractivity contribution in [3.63, 3.8) is 0 Å². The zero-order chi connectivity index (χ0) is 14.0. The van der Waals surface area contributed by atoms with E-state index in [4.69, 9.17) is 11.6 Å². The molecule has 0 saturated heterocycles. The summed E-state index contributed by atoms with van der Waals surface area (Å²) in [5.74, 6) is 0. The van der Waals surface area contributed by atoms with E-state index in [1.807, 2.05) is 11.7 Å². The Hall–Kier alpha value is -0.540. The van der Waals surface area contributed by atoms with Gasteiger partial charge in [-0.2, -0.15) is 5.10 Å². The molecule has 108 valence electrons. The van der Waals surface area contributed by atoms with Crippen molar-refractivity contribution in [3.8, 4) is 0 Å². The van der Waals surface area contributed by atoms with E-state index in [0.717, 1.165) is 29.4 Å². The van der Waals surface area contributed by atoms with Gasteiger partial charge in [-0.25, -0.2) is 0 Å². The molecule has 0 amide bonds. The van der Waals surface area contributed by atoms with Crippen LogP contribution >= 0.6 is 11.6 Å². The first-order valence-corrected chi connectivity index (χ1v) is 7.74. The number of aromatic nitrogens is 2. The lowest BCUT2D eigenvalue weighted by atomic mass is 9.75. The number of nitrogens with one attached hydrogen (secondary N) is 1. The van der Waals surface area contributed by atoms with Gasteiger partial charge in [0, 0.05) is 19.6 Å². The van der Waals surface area contributed by atoms with Crippen LogP contribution in [0.1, 0.15) is 57.8 Å². The fraction of sp³-hybridized carbons (Fsp3) is 0.800. The van der Waals surface area contributed by atoms with Gasteiger partial charge >= 0.3 is 0 Å². The van der Waals surface area contributed by atoms with Gasteiger partial charge < -0.3 is 5.32 Å². The Morgan fingerprint density at radius 1 is 1.47 bits per heavy atom. The number of halogens is 1. The molecular formula is C15H26ClN3. The molecule has 2 rings (SSSR count). The Labute approximate surface area is 121 Å². The highest BCUT2D eigenvalue weighted by Gasteiger charge is 2.27. The van der Waals surface area contributed by atoms with Crippen molar-refractivity contribution in [1.82, 2.24) is 15.1 Å². The quantitative estimate of drug-likeness (QED) is 0.913. The van der Waals surface area contributed by atoms with Crippen LogP contribution in [0.3, 0.4) is 0 Å². The fourth-order valence-electron chi connectivity index (χ4n) is 3.13. The number of hydrogen-bond donors (Lipinski definition) is 1. The molecule has 1 aliphatic rings. The molecule has 1 aromatic rings. The lowest BCUT2D eigenvalue weighted by molar-refractivity contribution is 0.197. The van der Waals surface area contributed by atoms with Crippen LogP contribution in [0, 0.1) is 5.41 Å². The maximum Gasteiger partial charge on any atom is 0.0863 e. The molecule has 0 aliphatic heterocycles. The Balaban J connectivity index is 1.97. The van der Waals surface area contributed by atoms with Crippen LogP contribution in [0.2, 0.25) is 5.02 Å². The molecule has 0 bridgehead atoms. The molecule has 1 fully saturated rings. The summed E-state index contributed by atoms with van der Waals surface area (Å²) in [5.41, 5.74) is 2.59. The van der Waals surface area contributed by atoms with E-state index in [0.29, 0.717) is 11.5 Å². The van der Waals surface area contributed by atoms with Crippen molar-refractivity contribution in [3.05, 3.63) is 16.4 Å². The second kappa shape index (κ2) is 5.84. The molecule has 0 aromatic carbocycles. The second-order valence-electron chi connectivity index (χ2n) is 6.52. The predicted octanol–water partition coefficient (Wildman–Crippen LogP) is 3.69. The average molecular weight is 284 g/mol. The largest absolute Gasteiger partial charge is 0.308 e. The Bertz CT molecular complexity index is 437. The molecular weight excluding hydrogens is 258 g/mol. The van der Waals surface area contributed by atoms with E-state index < -0.39 is 0 Å². The van der Waals surface area contributed by atoms with E-state index >= 15 is 0 Å². The molecule has 19 heavy (non-hydrogen) atoms. The molecule has 0 spiro atoms. The molecule has 0 radical (unpaired) electrons. The third-order valence-electron chi connectivity index (χ3n) is 4.27. The minimum absolute atomic E-state index is 0.473. The van der Waals surface area contributed by atoms with Gasteiger partial charge in [0.25, 0.3) is 0 Å². The van der Waals surface area contributed by atoms with Crippen molar-refractivity contribution in [2.45, 2.75) is 65.5 Å². The second-order valence-corrected chi connectivity index (χ2v) is 6.90. The number of aryl methyl sites for hydroxylation is 2. The van der Waals surface area contributed by atoms with Gasteiger partial charge in [0.15, 0.2) is 0 Å². The van der Waals surface area contributed by atoms with Crippen LogP contribution in [0.5, 0.6) is 0 Å². The molecule has 1 heterocycles. The Morgan fingerprint density at radius 2 is 2.21 bits per heavy atom. The van der Waals surface area contributed by atoms with Gasteiger partial charge in [-0.3, -0.25) is 4.68 Å². The summed E-state index contributed by atoms with van der Waals surface area (Å²) in [6.45, 7) is 7.65. The van der Waals surface area contributed by atoms with Crippen molar-refractivity contribution < 1.29 is 0 Å². The monoisotopic (exact) mass is 283 g/mol. The van der Waals surface area contributed by atoms with Crippen LogP contribution in [0.15, 0.2) is 0 Å². The predicted molar refractivity (Wildman–Crippen MR) is 80.5 cm³/mol. The highest BCUT2D eigenvalue weighted by Crippen LogP contribution is 2.35. The Kier molecular flexibility index (Phi) is 4.57. The first kappa shape index (κ1) is 14.9. The van der Waals surface area contributed by atoms with E-state index in [-0.39, 0.29) is 0 Å². The zero-order valence-corrected chi connectivity index (χ0v) is 13.3. The maximum atomic E-state index is 6.38. The van der Waals surface area contributed by atoms with Gasteiger partial charge in [-0.15, -0.1) is 0 Å². The normalized spacial score (nSPS) is 22.7. The standard InChI is InChI=1S/C15H26ClN3/c1-5-12-14(16)13(19(4)18-12)10-17-11-7-6-8-15(2,3)9-11/h11,17H,5-10H2,1-4H3. The number of nitrogens with zero attached hydrogens (tertiary/aromatic N) is 2. The van der Waals surface area contributed by atoms with Crippen LogP contribution < -0.4 is 5.32 Å². The third kappa shape index (κ3) is 3.51. The average Bonchev–Trinajstić information content (AvgIpc) is 2.61. The molecule has 4 heteroatoms. The summed E-state index contributed by atoms with van der Waals surface area (Å²) in [4.78, 5) is 0. The maximum absolute atomic E-state index is 6.38. The molecule has 1 atom stereocenters. The highest BCUT2D eigenvalue weighted by molar-refractivity contribution is 6.31. The van der Waals surface area contributed by atoms with Gasteiger partial charge in [-0.1, -0.05) is 38.8 Å². The van der Waals surface area contributed by atoms with E-state index in [2.05, 4.69) is 31.2 Å². The van der Waals surface area contributed by atoms with Crippen LogP contribution in [0.25, 0.3) is 0 Å². The molecule has 1 saturated carbocycles. The summed E-state index contributed by atoms with van der Waals surface area (Å²) in [5, 5.41) is 8.97. The topological polar surface area (TPSA) is 29.9 Å². The SMILES string of the molecule is CCc1nn(C)c(CNC2CCCC(C)(C)C2)c1Cl. The van der Waals surface area contributed by atoms with Gasteiger partial charge in [0.1, 0.15) is 0 Å². The third-order valence-corrected chi connectivity index (χ3v) is 4.70. The molecule has 1 N–H and O–H groups in total. The van der Waals surface area contributed by atoms with Gasteiger partial charge in [0.2, 0.25) is 0 Å². The summed E-state index contributed by atoms with van der Waals surface area (Å²) in [6, 6.07) is 0.611. The first-order valence-electron chi connectivity index (χ1n) is 7.36. The molecule has 1 aliphatic carbocycles. The minimum atomic E-state index is 0.473. The zero-order valence-electron chi connectivity index (χ0n) is 12.6. The highest BCUT2D eigenvalue weighted by atomic mass is 35.5. The van der Waals surface area contributed by atoms with Crippen LogP contribution in [-0.2, 0) is 20.0 Å².